The molecule has 2 rings (SSSR count). The minimum atomic E-state index is -0.0609. The quantitative estimate of drug-likeness (QED) is 0.739. The van der Waals surface area contributed by atoms with Crippen molar-refractivity contribution >= 4 is 0 Å². The molecular formula is C12H17NO. The Labute approximate surface area is 85.0 Å². The van der Waals surface area contributed by atoms with Gasteiger partial charge >= 0.3 is 0 Å². The van der Waals surface area contributed by atoms with Crippen molar-refractivity contribution in [2.75, 3.05) is 0 Å². The van der Waals surface area contributed by atoms with E-state index in [0.717, 1.165) is 31.4 Å². The first-order valence-electron chi connectivity index (χ1n) is 5.36. The second-order valence-corrected chi connectivity index (χ2v) is 4.24. The molecule has 1 aliphatic rings. The van der Waals surface area contributed by atoms with Gasteiger partial charge in [0.15, 0.2) is 0 Å². The Morgan fingerprint density at radius 2 is 2.00 bits per heavy atom. The lowest BCUT2D eigenvalue weighted by molar-refractivity contribution is 0.122. The van der Waals surface area contributed by atoms with Crippen molar-refractivity contribution < 1.29 is 5.11 Å². The molecule has 14 heavy (non-hydrogen) atoms. The van der Waals surface area contributed by atoms with Gasteiger partial charge in [-0.25, -0.2) is 0 Å². The van der Waals surface area contributed by atoms with Gasteiger partial charge in [-0.2, -0.15) is 0 Å². The van der Waals surface area contributed by atoms with Crippen molar-refractivity contribution in [1.82, 2.24) is 4.98 Å². The molecular weight excluding hydrogens is 174 g/mol. The molecule has 1 aliphatic carbocycles. The summed E-state index contributed by atoms with van der Waals surface area (Å²) in [6, 6.07) is 4.28. The molecule has 76 valence electrons. The van der Waals surface area contributed by atoms with Crippen LogP contribution in [0, 0.1) is 6.92 Å². The lowest BCUT2D eigenvalue weighted by Gasteiger charge is -2.25. The van der Waals surface area contributed by atoms with Gasteiger partial charge in [-0.1, -0.05) is 0 Å². The molecule has 0 amide bonds. The van der Waals surface area contributed by atoms with Crippen LogP contribution in [0.5, 0.6) is 0 Å². The average Bonchev–Trinajstić information content (AvgIpc) is 2.19. The predicted molar refractivity (Wildman–Crippen MR) is 56.2 cm³/mol. The molecule has 0 radical (unpaired) electrons. The summed E-state index contributed by atoms with van der Waals surface area (Å²) in [6.07, 6.45) is 5.96. The fraction of sp³-hybridized carbons (Fsp3) is 0.583. The van der Waals surface area contributed by atoms with E-state index in [-0.39, 0.29) is 6.10 Å². The van der Waals surface area contributed by atoms with E-state index in [9.17, 15) is 5.11 Å². The SMILES string of the molecule is Cc1cc([C@H]2CC[C@H](O)CC2)ccn1. The molecule has 0 aromatic carbocycles. The zero-order chi connectivity index (χ0) is 9.97. The number of hydrogen-bond acceptors (Lipinski definition) is 2. The normalized spacial score (nSPS) is 27.6. The van der Waals surface area contributed by atoms with E-state index in [4.69, 9.17) is 0 Å². The molecule has 0 spiro atoms. The molecule has 1 fully saturated rings. The van der Waals surface area contributed by atoms with Crippen molar-refractivity contribution in [2.24, 2.45) is 0 Å². The van der Waals surface area contributed by atoms with Crippen LogP contribution >= 0.6 is 0 Å². The van der Waals surface area contributed by atoms with Gasteiger partial charge in [0.2, 0.25) is 0 Å². The van der Waals surface area contributed by atoms with E-state index >= 15 is 0 Å². The average molecular weight is 191 g/mol. The Balaban J connectivity index is 2.08. The molecule has 2 heteroatoms. The van der Waals surface area contributed by atoms with E-state index in [1.807, 2.05) is 13.1 Å². The topological polar surface area (TPSA) is 33.1 Å². The summed E-state index contributed by atoms with van der Waals surface area (Å²) >= 11 is 0. The van der Waals surface area contributed by atoms with Crippen LogP contribution in [0.4, 0.5) is 0 Å². The molecule has 0 aliphatic heterocycles. The van der Waals surface area contributed by atoms with Gasteiger partial charge < -0.3 is 5.11 Å². The smallest absolute Gasteiger partial charge is 0.0540 e. The number of hydrogen-bond donors (Lipinski definition) is 1. The molecule has 1 aromatic rings. The first kappa shape index (κ1) is 9.66. The largest absolute Gasteiger partial charge is 0.393 e. The molecule has 1 N–H and O–H groups in total. The number of nitrogens with zero attached hydrogens (tertiary/aromatic N) is 1. The zero-order valence-corrected chi connectivity index (χ0v) is 8.61. The van der Waals surface area contributed by atoms with Crippen LogP contribution in [-0.4, -0.2) is 16.2 Å². The molecule has 2 nitrogen and oxygen atoms in total. The first-order chi connectivity index (χ1) is 6.75. The highest BCUT2D eigenvalue weighted by atomic mass is 16.3. The van der Waals surface area contributed by atoms with Crippen LogP contribution in [0.15, 0.2) is 18.3 Å². The maximum Gasteiger partial charge on any atom is 0.0540 e. The maximum atomic E-state index is 9.42. The number of aromatic nitrogens is 1. The van der Waals surface area contributed by atoms with Gasteiger partial charge in [0, 0.05) is 11.9 Å². The molecule has 1 heterocycles. The summed E-state index contributed by atoms with van der Waals surface area (Å²) < 4.78 is 0. The van der Waals surface area contributed by atoms with Crippen molar-refractivity contribution in [2.45, 2.75) is 44.6 Å². The Morgan fingerprint density at radius 3 is 2.64 bits per heavy atom. The maximum absolute atomic E-state index is 9.42. The standard InChI is InChI=1S/C12H17NO/c1-9-8-11(6-7-13-9)10-2-4-12(14)5-3-10/h6-8,10,12,14H,2-5H2,1H3/t10-,12-. The van der Waals surface area contributed by atoms with E-state index in [1.54, 1.807) is 0 Å². The van der Waals surface area contributed by atoms with E-state index in [1.165, 1.54) is 5.56 Å². The van der Waals surface area contributed by atoms with Crippen LogP contribution in [-0.2, 0) is 0 Å². The lowest BCUT2D eigenvalue weighted by atomic mass is 9.83. The zero-order valence-electron chi connectivity index (χ0n) is 8.61. The number of aliphatic hydroxyl groups excluding tert-OH is 1. The minimum Gasteiger partial charge on any atom is -0.393 e. The fourth-order valence-electron chi connectivity index (χ4n) is 2.23. The summed E-state index contributed by atoms with van der Waals surface area (Å²) in [5.41, 5.74) is 2.48. The Kier molecular flexibility index (Phi) is 2.82. The number of pyridine rings is 1. The van der Waals surface area contributed by atoms with Crippen LogP contribution in [0.2, 0.25) is 0 Å². The third-order valence-corrected chi connectivity index (χ3v) is 3.09. The van der Waals surface area contributed by atoms with Crippen LogP contribution in [0.25, 0.3) is 0 Å². The first-order valence-corrected chi connectivity index (χ1v) is 5.36. The molecule has 0 saturated heterocycles. The molecule has 1 aromatic heterocycles. The van der Waals surface area contributed by atoms with E-state index in [2.05, 4.69) is 17.1 Å². The van der Waals surface area contributed by atoms with Crippen molar-refractivity contribution in [3.63, 3.8) is 0 Å². The van der Waals surface area contributed by atoms with Crippen molar-refractivity contribution in [1.29, 1.82) is 0 Å². The van der Waals surface area contributed by atoms with Crippen LogP contribution in [0.3, 0.4) is 0 Å². The monoisotopic (exact) mass is 191 g/mol. The van der Waals surface area contributed by atoms with Gasteiger partial charge in [0.25, 0.3) is 0 Å². The molecule has 0 bridgehead atoms. The van der Waals surface area contributed by atoms with Crippen molar-refractivity contribution in [3.05, 3.63) is 29.6 Å². The van der Waals surface area contributed by atoms with Crippen LogP contribution in [0.1, 0.15) is 42.9 Å². The minimum absolute atomic E-state index is 0.0609. The van der Waals surface area contributed by atoms with Gasteiger partial charge in [0.1, 0.15) is 0 Å². The van der Waals surface area contributed by atoms with Gasteiger partial charge in [-0.05, 0) is 56.2 Å². The van der Waals surface area contributed by atoms with Gasteiger partial charge in [-0.15, -0.1) is 0 Å². The predicted octanol–water partition coefficient (Wildman–Crippen LogP) is 2.41. The second-order valence-electron chi connectivity index (χ2n) is 4.24. The molecule has 1 saturated carbocycles. The van der Waals surface area contributed by atoms with E-state index < -0.39 is 0 Å². The third-order valence-electron chi connectivity index (χ3n) is 3.09. The van der Waals surface area contributed by atoms with Gasteiger partial charge in [-0.3, -0.25) is 4.98 Å². The van der Waals surface area contributed by atoms with Gasteiger partial charge in [0.05, 0.1) is 6.10 Å². The summed E-state index contributed by atoms with van der Waals surface area (Å²) in [5, 5.41) is 9.42. The molecule has 0 atom stereocenters. The highest BCUT2D eigenvalue weighted by molar-refractivity contribution is 5.20. The van der Waals surface area contributed by atoms with E-state index in [0.29, 0.717) is 5.92 Å². The number of aliphatic hydroxyl groups is 1. The lowest BCUT2D eigenvalue weighted by Crippen LogP contribution is -2.17. The fourth-order valence-corrected chi connectivity index (χ4v) is 2.23. The molecule has 0 unspecified atom stereocenters. The summed E-state index contributed by atoms with van der Waals surface area (Å²) in [6.45, 7) is 2.03. The summed E-state index contributed by atoms with van der Waals surface area (Å²) in [4.78, 5) is 4.20. The summed E-state index contributed by atoms with van der Waals surface area (Å²) in [7, 11) is 0. The number of aryl methyl sites for hydroxylation is 1. The summed E-state index contributed by atoms with van der Waals surface area (Å²) in [5.74, 6) is 0.639. The Bertz CT molecular complexity index is 303. The second kappa shape index (κ2) is 4.09. The Morgan fingerprint density at radius 1 is 1.29 bits per heavy atom. The number of rotatable bonds is 1. The third kappa shape index (κ3) is 2.13. The Hall–Kier alpha value is -0.890. The highest BCUT2D eigenvalue weighted by Crippen LogP contribution is 2.32. The van der Waals surface area contributed by atoms with Crippen LogP contribution < -0.4 is 0 Å². The highest BCUT2D eigenvalue weighted by Gasteiger charge is 2.20. The van der Waals surface area contributed by atoms with Crippen molar-refractivity contribution in [3.8, 4) is 0 Å².